The molecule has 0 saturated carbocycles. The summed E-state index contributed by atoms with van der Waals surface area (Å²) in [5.74, 6) is -0.0931. The van der Waals surface area contributed by atoms with Crippen LogP contribution < -0.4 is 10.6 Å². The molecule has 2 atom stereocenters. The van der Waals surface area contributed by atoms with E-state index in [0.717, 1.165) is 40.7 Å². The highest BCUT2D eigenvalue weighted by molar-refractivity contribution is 9.10. The van der Waals surface area contributed by atoms with Crippen LogP contribution in [0.3, 0.4) is 0 Å². The Morgan fingerprint density at radius 3 is 2.82 bits per heavy atom. The molecule has 0 aliphatic carbocycles. The van der Waals surface area contributed by atoms with Crippen molar-refractivity contribution >= 4 is 65.8 Å². The van der Waals surface area contributed by atoms with Crippen molar-refractivity contribution in [1.29, 1.82) is 0 Å². The molecule has 4 rings (SSSR count). The first-order valence-corrected chi connectivity index (χ1v) is 13.5. The third-order valence-electron chi connectivity index (χ3n) is 5.86. The molecule has 11 heteroatoms. The highest BCUT2D eigenvalue weighted by Crippen LogP contribution is 2.49. The van der Waals surface area contributed by atoms with Crippen LogP contribution in [0.25, 0.3) is 20.8 Å². The summed E-state index contributed by atoms with van der Waals surface area (Å²) >= 11 is 6.56. The standard InChI is InChI=1S/C23H27BrN4O4S2/c1-12-10-15-19(21-26-16-5-4-14(24)11-17(16)33-21)22(27-18(29)6-7-25-8-9-32-3)34-20(15)13(2)28(12)23(30)31/h4-5,11-13,25H,6-10H2,1-3H3,(H,27,29)(H,30,31). The van der Waals surface area contributed by atoms with Crippen molar-refractivity contribution < 1.29 is 19.4 Å². The van der Waals surface area contributed by atoms with Crippen LogP contribution >= 0.6 is 38.6 Å². The van der Waals surface area contributed by atoms with E-state index in [2.05, 4.69) is 26.6 Å². The first-order valence-electron chi connectivity index (χ1n) is 11.0. The topological polar surface area (TPSA) is 104 Å². The van der Waals surface area contributed by atoms with Gasteiger partial charge >= 0.3 is 6.09 Å². The molecular formula is C23H27BrN4O4S2. The van der Waals surface area contributed by atoms with Crippen molar-refractivity contribution in [1.82, 2.24) is 15.2 Å². The lowest BCUT2D eigenvalue weighted by molar-refractivity contribution is -0.116. The van der Waals surface area contributed by atoms with Crippen LogP contribution in [0, 0.1) is 0 Å². The molecular weight excluding hydrogens is 540 g/mol. The van der Waals surface area contributed by atoms with Crippen molar-refractivity contribution in [2.45, 2.75) is 38.8 Å². The molecule has 1 aliphatic heterocycles. The summed E-state index contributed by atoms with van der Waals surface area (Å²) in [4.78, 5) is 32.0. The van der Waals surface area contributed by atoms with Crippen molar-refractivity contribution in [3.63, 3.8) is 0 Å². The Hall–Kier alpha value is -2.05. The summed E-state index contributed by atoms with van der Waals surface area (Å²) in [6.07, 6.45) is -0.0319. The van der Waals surface area contributed by atoms with Gasteiger partial charge in [0.1, 0.15) is 10.0 Å². The fraction of sp³-hybridized carbons (Fsp3) is 0.435. The quantitative estimate of drug-likeness (QED) is 0.318. The average molecular weight is 568 g/mol. The SMILES string of the molecule is COCCNCCC(=O)Nc1sc2c(c1-c1nc3ccc(Br)cc3s1)CC(C)N(C(=O)O)C2C. The maximum absolute atomic E-state index is 12.8. The Bertz CT molecular complexity index is 1210. The largest absolute Gasteiger partial charge is 0.465 e. The van der Waals surface area contributed by atoms with E-state index in [0.29, 0.717) is 32.5 Å². The molecule has 3 heterocycles. The van der Waals surface area contributed by atoms with Crippen molar-refractivity contribution in [2.24, 2.45) is 0 Å². The number of nitrogens with zero attached hydrogens (tertiary/aromatic N) is 2. The lowest BCUT2D eigenvalue weighted by atomic mass is 9.93. The Morgan fingerprint density at radius 1 is 1.29 bits per heavy atom. The zero-order valence-corrected chi connectivity index (χ0v) is 22.4. The molecule has 0 spiro atoms. The van der Waals surface area contributed by atoms with E-state index in [-0.39, 0.29) is 18.0 Å². The summed E-state index contributed by atoms with van der Waals surface area (Å²) in [5, 5.41) is 17.6. The zero-order chi connectivity index (χ0) is 24.4. The van der Waals surface area contributed by atoms with E-state index >= 15 is 0 Å². The number of halogens is 1. The van der Waals surface area contributed by atoms with Gasteiger partial charge in [-0.15, -0.1) is 22.7 Å². The fourth-order valence-electron chi connectivity index (χ4n) is 4.29. The molecule has 1 aromatic carbocycles. The average Bonchev–Trinajstić information content (AvgIpc) is 3.33. The van der Waals surface area contributed by atoms with E-state index in [4.69, 9.17) is 9.72 Å². The molecule has 34 heavy (non-hydrogen) atoms. The molecule has 3 aromatic rings. The zero-order valence-electron chi connectivity index (χ0n) is 19.2. The number of amides is 2. The maximum Gasteiger partial charge on any atom is 0.408 e. The highest BCUT2D eigenvalue weighted by Gasteiger charge is 2.37. The molecule has 0 bridgehead atoms. The fourth-order valence-corrected chi connectivity index (χ4v) is 7.25. The summed E-state index contributed by atoms with van der Waals surface area (Å²) in [6, 6.07) is 5.49. The van der Waals surface area contributed by atoms with Gasteiger partial charge in [-0.2, -0.15) is 0 Å². The summed E-state index contributed by atoms with van der Waals surface area (Å²) in [6.45, 7) is 5.65. The Labute approximate surface area is 214 Å². The Morgan fingerprint density at radius 2 is 2.09 bits per heavy atom. The first kappa shape index (κ1) is 25.1. The van der Waals surface area contributed by atoms with E-state index in [9.17, 15) is 14.7 Å². The van der Waals surface area contributed by atoms with E-state index in [1.165, 1.54) is 16.2 Å². The number of nitrogens with one attached hydrogen (secondary N) is 2. The van der Waals surface area contributed by atoms with Gasteiger partial charge in [0.2, 0.25) is 5.91 Å². The molecule has 1 aliphatic rings. The second kappa shape index (κ2) is 10.7. The normalized spacial score (nSPS) is 17.7. The highest BCUT2D eigenvalue weighted by atomic mass is 79.9. The number of hydrogen-bond donors (Lipinski definition) is 3. The summed E-state index contributed by atoms with van der Waals surface area (Å²) in [5.41, 5.74) is 2.89. The maximum atomic E-state index is 12.8. The van der Waals surface area contributed by atoms with Crippen LogP contribution in [-0.4, -0.2) is 59.8 Å². The minimum Gasteiger partial charge on any atom is -0.465 e. The van der Waals surface area contributed by atoms with Crippen LogP contribution in [0.1, 0.15) is 36.8 Å². The summed E-state index contributed by atoms with van der Waals surface area (Å²) < 4.78 is 7.05. The van der Waals surface area contributed by atoms with Gasteiger partial charge in [-0.25, -0.2) is 9.78 Å². The number of benzene rings is 1. The summed E-state index contributed by atoms with van der Waals surface area (Å²) in [7, 11) is 1.64. The van der Waals surface area contributed by atoms with E-state index in [1.54, 1.807) is 18.4 Å². The number of aromatic nitrogens is 1. The molecule has 0 radical (unpaired) electrons. The molecule has 0 saturated heterocycles. The second-order valence-corrected chi connectivity index (χ2v) is 11.2. The predicted octanol–water partition coefficient (Wildman–Crippen LogP) is 5.34. The molecule has 8 nitrogen and oxygen atoms in total. The molecule has 3 N–H and O–H groups in total. The van der Waals surface area contributed by atoms with Crippen LogP contribution in [0.2, 0.25) is 0 Å². The minimum atomic E-state index is -0.932. The van der Waals surface area contributed by atoms with Crippen molar-refractivity contribution in [3.05, 3.63) is 33.1 Å². The van der Waals surface area contributed by atoms with E-state index < -0.39 is 6.09 Å². The van der Waals surface area contributed by atoms with Gasteiger partial charge in [0, 0.05) is 47.6 Å². The number of hydrogen-bond acceptors (Lipinski definition) is 7. The number of ether oxygens (including phenoxy) is 1. The molecule has 0 fully saturated rings. The third-order valence-corrected chi connectivity index (χ3v) is 8.71. The van der Waals surface area contributed by atoms with Gasteiger partial charge in [-0.1, -0.05) is 15.9 Å². The number of rotatable bonds is 8. The number of carbonyl (C=O) groups is 2. The van der Waals surface area contributed by atoms with Crippen LogP contribution in [0.5, 0.6) is 0 Å². The molecule has 2 amide bonds. The molecule has 2 unspecified atom stereocenters. The van der Waals surface area contributed by atoms with Gasteiger partial charge in [-0.3, -0.25) is 9.69 Å². The minimum absolute atomic E-state index is 0.0931. The molecule has 182 valence electrons. The first-order chi connectivity index (χ1) is 16.3. The van der Waals surface area contributed by atoms with Crippen LogP contribution in [0.15, 0.2) is 22.7 Å². The Kier molecular flexibility index (Phi) is 7.88. The van der Waals surface area contributed by atoms with Gasteiger partial charge in [0.15, 0.2) is 0 Å². The van der Waals surface area contributed by atoms with Crippen LogP contribution in [-0.2, 0) is 16.0 Å². The lowest BCUT2D eigenvalue weighted by Crippen LogP contribution is -2.43. The number of carbonyl (C=O) groups excluding carboxylic acids is 1. The lowest BCUT2D eigenvalue weighted by Gasteiger charge is -2.36. The number of methoxy groups -OCH3 is 1. The van der Waals surface area contributed by atoms with E-state index in [1.807, 2.05) is 32.0 Å². The number of fused-ring (bicyclic) bond motifs is 2. The van der Waals surface area contributed by atoms with Crippen molar-refractivity contribution in [2.75, 3.05) is 32.1 Å². The number of anilines is 1. The van der Waals surface area contributed by atoms with Crippen LogP contribution in [0.4, 0.5) is 9.80 Å². The van der Waals surface area contributed by atoms with Gasteiger partial charge < -0.3 is 20.5 Å². The smallest absolute Gasteiger partial charge is 0.408 e. The van der Waals surface area contributed by atoms with Crippen molar-refractivity contribution in [3.8, 4) is 10.6 Å². The molecule has 2 aromatic heterocycles. The second-order valence-electron chi connectivity index (χ2n) is 8.24. The van der Waals surface area contributed by atoms with Gasteiger partial charge in [-0.05, 0) is 44.0 Å². The number of thiazole rings is 1. The Balaban J connectivity index is 1.70. The van der Waals surface area contributed by atoms with Gasteiger partial charge in [0.25, 0.3) is 0 Å². The third kappa shape index (κ3) is 5.13. The number of carboxylic acid groups (broad SMARTS) is 1. The predicted molar refractivity (Wildman–Crippen MR) is 140 cm³/mol. The number of thiophene rings is 1. The van der Waals surface area contributed by atoms with Gasteiger partial charge in [0.05, 0.1) is 22.9 Å². The monoisotopic (exact) mass is 566 g/mol.